The second kappa shape index (κ2) is 5.37. The molecule has 2 heterocycles. The fourth-order valence-electron chi connectivity index (χ4n) is 3.35. The van der Waals surface area contributed by atoms with E-state index in [1.165, 1.54) is 0 Å². The second-order valence-electron chi connectivity index (χ2n) is 5.81. The average Bonchev–Trinajstić information content (AvgIpc) is 2.84. The molecule has 2 aliphatic heterocycles. The number of carbonyl (C=O) groups excluding carboxylic acids is 2. The van der Waals surface area contributed by atoms with Crippen LogP contribution in [0.1, 0.15) is 28.8 Å². The van der Waals surface area contributed by atoms with Crippen LogP contribution in [-0.4, -0.2) is 35.8 Å². The Morgan fingerprint density at radius 2 is 2.24 bits per heavy atom. The van der Waals surface area contributed by atoms with Crippen molar-refractivity contribution in [3.05, 3.63) is 29.3 Å². The fraction of sp³-hybridized carbons (Fsp3) is 0.467. The van der Waals surface area contributed by atoms with Gasteiger partial charge in [-0.2, -0.15) is 0 Å². The molecule has 0 saturated carbocycles. The molecule has 2 atom stereocenters. The van der Waals surface area contributed by atoms with Gasteiger partial charge in [-0.1, -0.05) is 6.07 Å². The number of primary amides is 1. The molecule has 2 aliphatic rings. The van der Waals surface area contributed by atoms with Crippen LogP contribution in [0.15, 0.2) is 18.2 Å². The van der Waals surface area contributed by atoms with Crippen LogP contribution in [0.2, 0.25) is 0 Å². The highest BCUT2D eigenvalue weighted by Crippen LogP contribution is 2.29. The maximum absolute atomic E-state index is 11.8. The van der Waals surface area contributed by atoms with E-state index in [9.17, 15) is 9.59 Å². The van der Waals surface area contributed by atoms with Gasteiger partial charge in [-0.05, 0) is 37.1 Å². The molecule has 0 radical (unpaired) electrons. The number of nitrogens with zero attached hydrogens (tertiary/aromatic N) is 1. The average molecular weight is 288 g/mol. The standard InChI is InChI=1S/C15H20N4O2/c16-12-6-9(14(17)20)3-4-10(12)8-19-5-1-2-11-13(19)7-18-15(11)21/h3-4,6,11,13H,1-2,5,7-8,16H2,(H2,17,20)(H,18,21). The molecule has 0 bridgehead atoms. The number of nitrogen functional groups attached to an aromatic ring is 1. The van der Waals surface area contributed by atoms with E-state index in [0.717, 1.165) is 24.9 Å². The van der Waals surface area contributed by atoms with Crippen LogP contribution in [-0.2, 0) is 11.3 Å². The number of nitrogens with two attached hydrogens (primary N) is 2. The van der Waals surface area contributed by atoms with Crippen molar-refractivity contribution in [1.82, 2.24) is 10.2 Å². The summed E-state index contributed by atoms with van der Waals surface area (Å²) in [4.78, 5) is 25.2. The number of hydrogen-bond acceptors (Lipinski definition) is 4. The topological polar surface area (TPSA) is 101 Å². The Labute approximate surface area is 123 Å². The number of piperidine rings is 1. The number of anilines is 1. The lowest BCUT2D eigenvalue weighted by atomic mass is 9.91. The smallest absolute Gasteiger partial charge is 0.248 e. The van der Waals surface area contributed by atoms with Crippen molar-refractivity contribution in [3.8, 4) is 0 Å². The highest BCUT2D eigenvalue weighted by molar-refractivity contribution is 5.93. The third-order valence-electron chi connectivity index (χ3n) is 4.52. The van der Waals surface area contributed by atoms with Gasteiger partial charge in [0, 0.05) is 30.4 Å². The van der Waals surface area contributed by atoms with Crippen LogP contribution in [0.4, 0.5) is 5.69 Å². The van der Waals surface area contributed by atoms with Crippen LogP contribution in [0.5, 0.6) is 0 Å². The molecular weight excluding hydrogens is 268 g/mol. The molecular formula is C15H20N4O2. The van der Waals surface area contributed by atoms with Gasteiger partial charge in [0.15, 0.2) is 0 Å². The molecule has 2 fully saturated rings. The molecule has 112 valence electrons. The monoisotopic (exact) mass is 288 g/mol. The minimum Gasteiger partial charge on any atom is -0.398 e. The van der Waals surface area contributed by atoms with Crippen LogP contribution in [0.25, 0.3) is 0 Å². The molecule has 3 rings (SSSR count). The quantitative estimate of drug-likeness (QED) is 0.685. The zero-order valence-corrected chi connectivity index (χ0v) is 11.8. The molecule has 0 aromatic heterocycles. The van der Waals surface area contributed by atoms with Gasteiger partial charge in [0.05, 0.1) is 5.92 Å². The van der Waals surface area contributed by atoms with E-state index in [1.807, 2.05) is 6.07 Å². The third kappa shape index (κ3) is 2.58. The Balaban J connectivity index is 1.77. The largest absolute Gasteiger partial charge is 0.398 e. The van der Waals surface area contributed by atoms with Crippen molar-refractivity contribution in [2.24, 2.45) is 11.7 Å². The highest BCUT2D eigenvalue weighted by atomic mass is 16.2. The molecule has 0 spiro atoms. The normalized spacial score (nSPS) is 25.4. The number of likely N-dealkylation sites (tertiary alicyclic amines) is 1. The first-order valence-electron chi connectivity index (χ1n) is 7.26. The van der Waals surface area contributed by atoms with Gasteiger partial charge in [-0.3, -0.25) is 14.5 Å². The summed E-state index contributed by atoms with van der Waals surface area (Å²) in [5.74, 6) is -0.205. The van der Waals surface area contributed by atoms with Gasteiger partial charge < -0.3 is 16.8 Å². The van der Waals surface area contributed by atoms with E-state index in [0.29, 0.717) is 24.3 Å². The second-order valence-corrected chi connectivity index (χ2v) is 5.81. The Morgan fingerprint density at radius 3 is 2.95 bits per heavy atom. The maximum atomic E-state index is 11.8. The summed E-state index contributed by atoms with van der Waals surface area (Å²) in [6, 6.07) is 5.43. The summed E-state index contributed by atoms with van der Waals surface area (Å²) in [7, 11) is 0. The molecule has 6 heteroatoms. The number of rotatable bonds is 3. The van der Waals surface area contributed by atoms with E-state index in [1.54, 1.807) is 12.1 Å². The number of benzene rings is 1. The molecule has 1 aromatic rings. The lowest BCUT2D eigenvalue weighted by Crippen LogP contribution is -2.45. The van der Waals surface area contributed by atoms with Crippen LogP contribution >= 0.6 is 0 Å². The van der Waals surface area contributed by atoms with Crippen LogP contribution in [0.3, 0.4) is 0 Å². The molecule has 6 nitrogen and oxygen atoms in total. The highest BCUT2D eigenvalue weighted by Gasteiger charge is 2.40. The molecule has 1 aromatic carbocycles. The lowest BCUT2D eigenvalue weighted by Gasteiger charge is -2.36. The zero-order chi connectivity index (χ0) is 15.0. The molecule has 2 unspecified atom stereocenters. The van der Waals surface area contributed by atoms with E-state index in [4.69, 9.17) is 11.5 Å². The van der Waals surface area contributed by atoms with Gasteiger partial charge in [-0.15, -0.1) is 0 Å². The Kier molecular flexibility index (Phi) is 3.55. The minimum absolute atomic E-state index is 0.102. The predicted molar refractivity (Wildman–Crippen MR) is 79.3 cm³/mol. The SMILES string of the molecule is NC(=O)c1ccc(CN2CCCC3C(=O)NCC32)c(N)c1. The number of carbonyl (C=O) groups is 2. The molecule has 2 saturated heterocycles. The van der Waals surface area contributed by atoms with Gasteiger partial charge in [0.25, 0.3) is 0 Å². The molecule has 5 N–H and O–H groups in total. The summed E-state index contributed by atoms with van der Waals surface area (Å²) in [6.07, 6.45) is 1.98. The van der Waals surface area contributed by atoms with Crippen molar-refractivity contribution in [2.75, 3.05) is 18.8 Å². The Bertz CT molecular complexity index is 587. The summed E-state index contributed by atoms with van der Waals surface area (Å²) in [5.41, 5.74) is 13.2. The minimum atomic E-state index is -0.475. The van der Waals surface area contributed by atoms with Crippen LogP contribution in [0, 0.1) is 5.92 Å². The van der Waals surface area contributed by atoms with Crippen molar-refractivity contribution >= 4 is 17.5 Å². The fourth-order valence-corrected chi connectivity index (χ4v) is 3.35. The van der Waals surface area contributed by atoms with E-state index in [2.05, 4.69) is 10.2 Å². The third-order valence-corrected chi connectivity index (χ3v) is 4.52. The van der Waals surface area contributed by atoms with Gasteiger partial charge >= 0.3 is 0 Å². The summed E-state index contributed by atoms with van der Waals surface area (Å²) in [6.45, 7) is 2.37. The van der Waals surface area contributed by atoms with Gasteiger partial charge in [0.1, 0.15) is 0 Å². The Morgan fingerprint density at radius 1 is 1.43 bits per heavy atom. The number of amides is 2. The number of nitrogens with one attached hydrogen (secondary N) is 1. The van der Waals surface area contributed by atoms with Crippen molar-refractivity contribution in [3.63, 3.8) is 0 Å². The van der Waals surface area contributed by atoms with E-state index < -0.39 is 5.91 Å². The molecule has 2 amide bonds. The first kappa shape index (κ1) is 13.9. The molecule has 0 aliphatic carbocycles. The van der Waals surface area contributed by atoms with Crippen molar-refractivity contribution in [1.29, 1.82) is 0 Å². The van der Waals surface area contributed by atoms with E-state index >= 15 is 0 Å². The maximum Gasteiger partial charge on any atom is 0.248 e. The first-order valence-corrected chi connectivity index (χ1v) is 7.26. The summed E-state index contributed by atoms with van der Waals surface area (Å²) in [5, 5.41) is 2.94. The number of hydrogen-bond donors (Lipinski definition) is 3. The van der Waals surface area contributed by atoms with Crippen LogP contribution < -0.4 is 16.8 Å². The predicted octanol–water partition coefficient (Wildman–Crippen LogP) is 0.0781. The zero-order valence-electron chi connectivity index (χ0n) is 11.8. The van der Waals surface area contributed by atoms with Gasteiger partial charge in [0.2, 0.25) is 11.8 Å². The Hall–Kier alpha value is -2.08. The number of fused-ring (bicyclic) bond motifs is 1. The van der Waals surface area contributed by atoms with Crippen molar-refractivity contribution in [2.45, 2.75) is 25.4 Å². The lowest BCUT2D eigenvalue weighted by molar-refractivity contribution is -0.124. The first-order chi connectivity index (χ1) is 10.1. The summed E-state index contributed by atoms with van der Waals surface area (Å²) >= 11 is 0. The van der Waals surface area contributed by atoms with E-state index in [-0.39, 0.29) is 17.9 Å². The summed E-state index contributed by atoms with van der Waals surface area (Å²) < 4.78 is 0. The van der Waals surface area contributed by atoms with Gasteiger partial charge in [-0.25, -0.2) is 0 Å². The molecule has 21 heavy (non-hydrogen) atoms. The van der Waals surface area contributed by atoms with Crippen molar-refractivity contribution < 1.29 is 9.59 Å².